The van der Waals surface area contributed by atoms with Crippen LogP contribution in [0.25, 0.3) is 0 Å². The quantitative estimate of drug-likeness (QED) is 0.656. The molecule has 1 atom stereocenters. The van der Waals surface area contributed by atoms with E-state index in [-0.39, 0.29) is 24.8 Å². The van der Waals surface area contributed by atoms with Crippen molar-refractivity contribution in [2.24, 2.45) is 11.3 Å². The molecule has 2 rings (SSSR count). The van der Waals surface area contributed by atoms with Gasteiger partial charge in [-0.3, -0.25) is 9.59 Å². The Hall–Kier alpha value is -1.82. The summed E-state index contributed by atoms with van der Waals surface area (Å²) < 4.78 is 11.1. The number of nitrogens with one attached hydrogen (secondary N) is 1. The third kappa shape index (κ3) is 6.48. The monoisotopic (exact) mass is 365 g/mol. The van der Waals surface area contributed by atoms with E-state index >= 15 is 0 Å². The third-order valence-corrected chi connectivity index (χ3v) is 4.93. The van der Waals surface area contributed by atoms with Gasteiger partial charge in [-0.15, -0.1) is 0 Å². The molecule has 1 heterocycles. The summed E-state index contributed by atoms with van der Waals surface area (Å²) in [6.07, 6.45) is 6.53. The highest BCUT2D eigenvalue weighted by Crippen LogP contribution is 2.42. The lowest BCUT2D eigenvalue weighted by atomic mass is 9.69. The van der Waals surface area contributed by atoms with Crippen molar-refractivity contribution in [1.82, 2.24) is 5.32 Å². The number of carboxylic acids is 1. The number of rotatable bonds is 10. The Balaban J connectivity index is 1.99. The Morgan fingerprint density at radius 1 is 1.23 bits per heavy atom. The van der Waals surface area contributed by atoms with Crippen molar-refractivity contribution < 1.29 is 23.8 Å². The highest BCUT2D eigenvalue weighted by atomic mass is 16.5. The van der Waals surface area contributed by atoms with Gasteiger partial charge in [-0.2, -0.15) is 0 Å². The largest absolute Gasteiger partial charge is 0.481 e. The lowest BCUT2D eigenvalue weighted by Gasteiger charge is -2.36. The topological polar surface area (TPSA) is 88.8 Å². The summed E-state index contributed by atoms with van der Waals surface area (Å²) in [5.74, 6) is 0.0901. The smallest absolute Gasteiger partial charge is 0.303 e. The Labute approximate surface area is 155 Å². The standard InChI is InChI=1S/C20H31NO5/c1-15(2)13-25-14-16(17-7-6-10-26-17)21-18(22)11-20(12-19(23)24)8-4-3-5-9-20/h6-7,10,15-16H,3-5,8-9,11-14H2,1-2H3,(H,21,22)(H,23,24). The summed E-state index contributed by atoms with van der Waals surface area (Å²) in [5.41, 5.74) is -0.430. The minimum Gasteiger partial charge on any atom is -0.481 e. The fraction of sp³-hybridized carbons (Fsp3) is 0.700. The molecule has 6 nitrogen and oxygen atoms in total. The van der Waals surface area contributed by atoms with E-state index in [2.05, 4.69) is 19.2 Å². The summed E-state index contributed by atoms with van der Waals surface area (Å²) in [6.45, 7) is 5.08. The third-order valence-electron chi connectivity index (χ3n) is 4.93. The first-order valence-corrected chi connectivity index (χ1v) is 9.52. The van der Waals surface area contributed by atoms with Gasteiger partial charge in [0, 0.05) is 13.0 Å². The minimum atomic E-state index is -0.831. The first-order valence-electron chi connectivity index (χ1n) is 9.52. The van der Waals surface area contributed by atoms with E-state index < -0.39 is 11.4 Å². The van der Waals surface area contributed by atoms with Crippen LogP contribution in [0.1, 0.15) is 70.6 Å². The minimum absolute atomic E-state index is 0.0513. The molecule has 6 heteroatoms. The molecule has 146 valence electrons. The van der Waals surface area contributed by atoms with Gasteiger partial charge in [0.05, 0.1) is 19.3 Å². The van der Waals surface area contributed by atoms with Gasteiger partial charge in [0.25, 0.3) is 0 Å². The van der Waals surface area contributed by atoms with Gasteiger partial charge in [-0.25, -0.2) is 0 Å². The zero-order valence-electron chi connectivity index (χ0n) is 15.8. The molecule has 0 saturated heterocycles. The molecule has 2 N–H and O–H groups in total. The van der Waals surface area contributed by atoms with E-state index in [0.717, 1.165) is 32.1 Å². The average molecular weight is 365 g/mol. The molecule has 26 heavy (non-hydrogen) atoms. The lowest BCUT2D eigenvalue weighted by molar-refractivity contribution is -0.141. The second kappa shape index (κ2) is 9.76. The van der Waals surface area contributed by atoms with Gasteiger partial charge in [-0.1, -0.05) is 33.1 Å². The number of amides is 1. The summed E-state index contributed by atoms with van der Waals surface area (Å²) >= 11 is 0. The van der Waals surface area contributed by atoms with E-state index in [9.17, 15) is 14.7 Å². The fourth-order valence-corrected chi connectivity index (χ4v) is 3.73. The Kier molecular flexibility index (Phi) is 7.69. The normalized spacial score (nSPS) is 17.8. The van der Waals surface area contributed by atoms with Crippen LogP contribution in [0.5, 0.6) is 0 Å². The molecule has 0 aliphatic heterocycles. The molecule has 1 unspecified atom stereocenters. The molecule has 0 radical (unpaired) electrons. The zero-order chi connectivity index (χ0) is 19.0. The van der Waals surface area contributed by atoms with Gasteiger partial charge < -0.3 is 19.6 Å². The van der Waals surface area contributed by atoms with Crippen molar-refractivity contribution >= 4 is 11.9 Å². The van der Waals surface area contributed by atoms with Gasteiger partial charge in [0.15, 0.2) is 0 Å². The highest BCUT2D eigenvalue weighted by molar-refractivity contribution is 5.78. The number of aliphatic carboxylic acids is 1. The average Bonchev–Trinajstić information content (AvgIpc) is 3.07. The summed E-state index contributed by atoms with van der Waals surface area (Å²) in [6, 6.07) is 3.24. The second-order valence-corrected chi connectivity index (χ2v) is 7.87. The predicted molar refractivity (Wildman–Crippen MR) is 97.6 cm³/mol. The molecule has 1 amide bonds. The van der Waals surface area contributed by atoms with Crippen LogP contribution in [0.3, 0.4) is 0 Å². The molecule has 1 fully saturated rings. The Morgan fingerprint density at radius 2 is 1.96 bits per heavy atom. The summed E-state index contributed by atoms with van der Waals surface area (Å²) in [5, 5.41) is 12.3. The van der Waals surface area contributed by atoms with E-state index in [1.807, 2.05) is 6.07 Å². The first-order chi connectivity index (χ1) is 12.4. The summed E-state index contributed by atoms with van der Waals surface area (Å²) in [4.78, 5) is 24.0. The van der Waals surface area contributed by atoms with Crippen LogP contribution in [-0.2, 0) is 14.3 Å². The second-order valence-electron chi connectivity index (χ2n) is 7.87. The van der Waals surface area contributed by atoms with Gasteiger partial charge >= 0.3 is 5.97 Å². The number of carbonyl (C=O) groups is 2. The van der Waals surface area contributed by atoms with Crippen molar-refractivity contribution in [2.45, 2.75) is 64.8 Å². The number of hydrogen-bond acceptors (Lipinski definition) is 4. The molecule has 0 bridgehead atoms. The van der Waals surface area contributed by atoms with E-state index in [1.54, 1.807) is 12.3 Å². The molecule has 1 saturated carbocycles. The maximum atomic E-state index is 12.7. The van der Waals surface area contributed by atoms with Crippen molar-refractivity contribution in [3.63, 3.8) is 0 Å². The van der Waals surface area contributed by atoms with Crippen molar-refractivity contribution in [3.8, 4) is 0 Å². The number of hydrogen-bond donors (Lipinski definition) is 2. The maximum Gasteiger partial charge on any atom is 0.303 e. The van der Waals surface area contributed by atoms with Crippen LogP contribution in [0.2, 0.25) is 0 Å². The predicted octanol–water partition coefficient (Wildman–Crippen LogP) is 3.92. The van der Waals surface area contributed by atoms with Crippen molar-refractivity contribution in [2.75, 3.05) is 13.2 Å². The number of furan rings is 1. The Morgan fingerprint density at radius 3 is 2.54 bits per heavy atom. The van der Waals surface area contributed by atoms with Gasteiger partial charge in [0.1, 0.15) is 11.8 Å². The number of carboxylic acid groups (broad SMARTS) is 1. The van der Waals surface area contributed by atoms with Gasteiger partial charge in [-0.05, 0) is 36.3 Å². The van der Waals surface area contributed by atoms with Crippen LogP contribution in [0.4, 0.5) is 0 Å². The zero-order valence-corrected chi connectivity index (χ0v) is 15.8. The van der Waals surface area contributed by atoms with Crippen LogP contribution in [-0.4, -0.2) is 30.2 Å². The van der Waals surface area contributed by atoms with Gasteiger partial charge in [0.2, 0.25) is 5.91 Å². The van der Waals surface area contributed by atoms with Crippen LogP contribution >= 0.6 is 0 Å². The fourth-order valence-electron chi connectivity index (χ4n) is 3.73. The molecule has 1 aliphatic carbocycles. The molecule has 1 aromatic rings. The van der Waals surface area contributed by atoms with Crippen molar-refractivity contribution in [3.05, 3.63) is 24.2 Å². The molecular formula is C20H31NO5. The van der Waals surface area contributed by atoms with Crippen LogP contribution in [0.15, 0.2) is 22.8 Å². The Bertz CT molecular complexity index is 561. The van der Waals surface area contributed by atoms with E-state index in [0.29, 0.717) is 24.9 Å². The van der Waals surface area contributed by atoms with Crippen molar-refractivity contribution in [1.29, 1.82) is 0 Å². The van der Waals surface area contributed by atoms with E-state index in [1.165, 1.54) is 0 Å². The van der Waals surface area contributed by atoms with E-state index in [4.69, 9.17) is 9.15 Å². The highest BCUT2D eigenvalue weighted by Gasteiger charge is 2.37. The molecule has 0 spiro atoms. The SMILES string of the molecule is CC(C)COCC(NC(=O)CC1(CC(=O)O)CCCCC1)c1ccco1. The lowest BCUT2D eigenvalue weighted by Crippen LogP contribution is -2.38. The van der Waals surface area contributed by atoms with Crippen LogP contribution in [0, 0.1) is 11.3 Å². The molecule has 0 aromatic carbocycles. The maximum absolute atomic E-state index is 12.7. The number of carbonyl (C=O) groups excluding carboxylic acids is 1. The molecule has 1 aromatic heterocycles. The first kappa shape index (κ1) is 20.5. The number of ether oxygens (including phenoxy) is 1. The van der Waals surface area contributed by atoms with Crippen LogP contribution < -0.4 is 5.32 Å². The summed E-state index contributed by atoms with van der Waals surface area (Å²) in [7, 11) is 0. The molecular weight excluding hydrogens is 334 g/mol. The molecule has 1 aliphatic rings.